The highest BCUT2D eigenvalue weighted by Gasteiger charge is 2.16. The van der Waals surface area contributed by atoms with Crippen molar-refractivity contribution in [1.82, 2.24) is 15.6 Å². The summed E-state index contributed by atoms with van der Waals surface area (Å²) in [5.74, 6) is -1.45. The van der Waals surface area contributed by atoms with Gasteiger partial charge in [0.2, 0.25) is 0 Å². The van der Waals surface area contributed by atoms with E-state index in [0.29, 0.717) is 5.01 Å². The molecule has 0 saturated heterocycles. The van der Waals surface area contributed by atoms with E-state index in [0.717, 1.165) is 5.56 Å². The van der Waals surface area contributed by atoms with Crippen LogP contribution < -0.4 is 10.6 Å². The van der Waals surface area contributed by atoms with Crippen molar-refractivity contribution in [1.29, 1.82) is 0 Å². The van der Waals surface area contributed by atoms with Gasteiger partial charge in [-0.2, -0.15) is 11.3 Å². The molecule has 9 heteroatoms. The molecule has 0 aliphatic heterocycles. The lowest BCUT2D eigenvalue weighted by Crippen LogP contribution is -2.41. The van der Waals surface area contributed by atoms with Crippen LogP contribution in [-0.2, 0) is 9.53 Å². The average Bonchev–Trinajstić information content (AvgIpc) is 3.20. The topological polar surface area (TPSA) is 97.4 Å². The fourth-order valence-electron chi connectivity index (χ4n) is 1.46. The number of hydrogen-bond acceptors (Lipinski definition) is 7. The minimum Gasteiger partial charge on any atom is -0.451 e. The number of carbonyl (C=O) groups is 3. The molecule has 2 heterocycles. The van der Waals surface area contributed by atoms with E-state index in [1.54, 1.807) is 5.38 Å². The summed E-state index contributed by atoms with van der Waals surface area (Å²) in [4.78, 5) is 38.7. The number of thiazole rings is 1. The molecule has 0 radical (unpaired) electrons. The molecular weight excluding hydrogens is 338 g/mol. The van der Waals surface area contributed by atoms with Gasteiger partial charge in [0.25, 0.3) is 5.91 Å². The third kappa shape index (κ3) is 5.01. The number of aromatic nitrogens is 1. The summed E-state index contributed by atoms with van der Waals surface area (Å²) in [6.07, 6.45) is 1.47. The van der Waals surface area contributed by atoms with Crippen molar-refractivity contribution in [2.75, 3.05) is 13.2 Å². The molecule has 120 valence electrons. The maximum atomic E-state index is 11.8. The molecule has 0 atom stereocenters. The Morgan fingerprint density at radius 2 is 2.17 bits per heavy atom. The van der Waals surface area contributed by atoms with Crippen LogP contribution in [0.25, 0.3) is 10.6 Å². The number of amides is 3. The summed E-state index contributed by atoms with van der Waals surface area (Å²) in [5.41, 5.74) is 1.05. The van der Waals surface area contributed by atoms with Gasteiger partial charge in [0, 0.05) is 22.9 Å². The van der Waals surface area contributed by atoms with Crippen molar-refractivity contribution in [2.45, 2.75) is 0 Å². The Bertz CT molecular complexity index is 709. The van der Waals surface area contributed by atoms with Crippen LogP contribution in [0.1, 0.15) is 10.5 Å². The third-order valence-electron chi connectivity index (χ3n) is 2.48. The highest BCUT2D eigenvalue weighted by Crippen LogP contribution is 2.25. The molecule has 0 bridgehead atoms. The lowest BCUT2D eigenvalue weighted by molar-refractivity contribution is -0.123. The molecule has 7 nitrogen and oxygen atoms in total. The molecule has 0 aromatic carbocycles. The van der Waals surface area contributed by atoms with Crippen molar-refractivity contribution in [3.63, 3.8) is 0 Å². The molecule has 2 N–H and O–H groups in total. The van der Waals surface area contributed by atoms with Crippen LogP contribution in [0.2, 0.25) is 0 Å². The fourth-order valence-corrected chi connectivity index (χ4v) is 2.96. The van der Waals surface area contributed by atoms with Gasteiger partial charge in [-0.05, 0) is 11.4 Å². The second-order valence-corrected chi connectivity index (χ2v) is 5.81. The van der Waals surface area contributed by atoms with Crippen LogP contribution in [0, 0.1) is 0 Å². The van der Waals surface area contributed by atoms with Gasteiger partial charge in [-0.1, -0.05) is 6.08 Å². The maximum Gasteiger partial charge on any atom is 0.358 e. The molecule has 23 heavy (non-hydrogen) atoms. The average molecular weight is 351 g/mol. The number of carbonyl (C=O) groups excluding carboxylic acids is 3. The molecule has 2 aromatic heterocycles. The second-order valence-electron chi connectivity index (χ2n) is 4.17. The van der Waals surface area contributed by atoms with E-state index >= 15 is 0 Å². The van der Waals surface area contributed by atoms with Crippen LogP contribution in [0.15, 0.2) is 34.9 Å². The molecule has 2 aromatic rings. The zero-order valence-electron chi connectivity index (χ0n) is 11.9. The predicted octanol–water partition coefficient (Wildman–Crippen LogP) is 2.04. The zero-order valence-corrected chi connectivity index (χ0v) is 13.5. The highest BCUT2D eigenvalue weighted by molar-refractivity contribution is 7.14. The van der Waals surface area contributed by atoms with Crippen molar-refractivity contribution < 1.29 is 19.1 Å². The Labute approximate surface area is 140 Å². The number of nitrogens with one attached hydrogen (secondary N) is 2. The number of thiophene rings is 1. The van der Waals surface area contributed by atoms with Crippen molar-refractivity contribution in [2.24, 2.45) is 0 Å². The van der Waals surface area contributed by atoms with Crippen molar-refractivity contribution in [3.8, 4) is 10.6 Å². The van der Waals surface area contributed by atoms with Gasteiger partial charge in [-0.15, -0.1) is 17.9 Å². The molecule has 3 amide bonds. The fraction of sp³-hybridized carbons (Fsp3) is 0.143. The Morgan fingerprint density at radius 3 is 2.87 bits per heavy atom. The molecule has 0 spiro atoms. The van der Waals surface area contributed by atoms with Gasteiger partial charge in [0.15, 0.2) is 12.3 Å². The van der Waals surface area contributed by atoms with E-state index in [2.05, 4.69) is 16.9 Å². The number of ether oxygens (including phenoxy) is 1. The van der Waals surface area contributed by atoms with Crippen molar-refractivity contribution >= 4 is 40.6 Å². The summed E-state index contributed by atoms with van der Waals surface area (Å²) >= 11 is 2.84. The molecule has 0 fully saturated rings. The Hall–Kier alpha value is -2.52. The SMILES string of the molecule is C=CCNC(=O)NC(=O)COC(=O)c1csc(-c2ccsc2)n1. The molecule has 0 unspecified atom stereocenters. The number of nitrogens with zero attached hydrogens (tertiary/aromatic N) is 1. The lowest BCUT2D eigenvalue weighted by atomic mass is 10.3. The summed E-state index contributed by atoms with van der Waals surface area (Å²) in [7, 11) is 0. The van der Waals surface area contributed by atoms with E-state index in [1.165, 1.54) is 28.7 Å². The van der Waals surface area contributed by atoms with Crippen LogP contribution in [0.4, 0.5) is 4.79 Å². The van der Waals surface area contributed by atoms with Gasteiger partial charge in [0.1, 0.15) is 5.01 Å². The van der Waals surface area contributed by atoms with Gasteiger partial charge in [-0.3, -0.25) is 10.1 Å². The minimum absolute atomic E-state index is 0.125. The molecule has 0 aliphatic rings. The summed E-state index contributed by atoms with van der Waals surface area (Å²) in [5, 5.41) is 10.5. The number of esters is 1. The lowest BCUT2D eigenvalue weighted by Gasteiger charge is -2.05. The summed E-state index contributed by atoms with van der Waals surface area (Å²) in [6, 6.07) is 1.22. The minimum atomic E-state index is -0.729. The first-order valence-corrected chi connectivity index (χ1v) is 8.26. The first-order chi connectivity index (χ1) is 11.1. The van der Waals surface area contributed by atoms with E-state index in [-0.39, 0.29) is 12.2 Å². The standard InChI is InChI=1S/C14H13N3O4S2/c1-2-4-15-14(20)17-11(18)6-21-13(19)10-8-23-12(16-10)9-3-5-22-7-9/h2-3,5,7-8H,1,4,6H2,(H2,15,17,18,20). The number of rotatable bonds is 6. The number of urea groups is 1. The van der Waals surface area contributed by atoms with Crippen LogP contribution >= 0.6 is 22.7 Å². The normalized spacial score (nSPS) is 9.91. The number of imide groups is 1. The van der Waals surface area contributed by atoms with Gasteiger partial charge in [-0.25, -0.2) is 14.6 Å². The summed E-state index contributed by atoms with van der Waals surface area (Å²) < 4.78 is 4.82. The van der Waals surface area contributed by atoms with E-state index in [9.17, 15) is 14.4 Å². The Morgan fingerprint density at radius 1 is 1.35 bits per heavy atom. The smallest absolute Gasteiger partial charge is 0.358 e. The molecule has 0 aliphatic carbocycles. The first-order valence-electron chi connectivity index (χ1n) is 6.44. The van der Waals surface area contributed by atoms with Gasteiger partial charge >= 0.3 is 12.0 Å². The molecular formula is C14H13N3O4S2. The predicted molar refractivity (Wildman–Crippen MR) is 87.4 cm³/mol. The van der Waals surface area contributed by atoms with E-state index in [4.69, 9.17) is 4.74 Å². The maximum absolute atomic E-state index is 11.8. The first kappa shape index (κ1) is 16.8. The number of hydrogen-bond donors (Lipinski definition) is 2. The highest BCUT2D eigenvalue weighted by atomic mass is 32.1. The summed E-state index contributed by atoms with van der Waals surface area (Å²) in [6.45, 7) is 3.08. The largest absolute Gasteiger partial charge is 0.451 e. The van der Waals surface area contributed by atoms with Crippen molar-refractivity contribution in [3.05, 3.63) is 40.6 Å². The van der Waals surface area contributed by atoms with E-state index < -0.39 is 24.5 Å². The van der Waals surface area contributed by atoms with Crippen LogP contribution in [0.5, 0.6) is 0 Å². The Kier molecular flexibility index (Phi) is 6.01. The Balaban J connectivity index is 1.82. The van der Waals surface area contributed by atoms with Crippen LogP contribution in [0.3, 0.4) is 0 Å². The van der Waals surface area contributed by atoms with Gasteiger partial charge < -0.3 is 10.1 Å². The third-order valence-corrected chi connectivity index (χ3v) is 4.05. The van der Waals surface area contributed by atoms with Gasteiger partial charge in [0.05, 0.1) is 0 Å². The van der Waals surface area contributed by atoms with E-state index in [1.807, 2.05) is 22.1 Å². The molecule has 2 rings (SSSR count). The molecule has 0 saturated carbocycles. The zero-order chi connectivity index (χ0) is 16.7. The van der Waals surface area contributed by atoms with Crippen LogP contribution in [-0.4, -0.2) is 36.0 Å². The monoisotopic (exact) mass is 351 g/mol. The quantitative estimate of drug-likeness (QED) is 0.613. The second kappa shape index (κ2) is 8.20.